The Morgan fingerprint density at radius 3 is 2.40 bits per heavy atom. The van der Waals surface area contributed by atoms with Crippen molar-refractivity contribution >= 4 is 10.0 Å². The zero-order valence-corrected chi connectivity index (χ0v) is 12.3. The van der Waals surface area contributed by atoms with Gasteiger partial charge in [-0.15, -0.1) is 0 Å². The molecule has 20 heavy (non-hydrogen) atoms. The second-order valence-corrected chi connectivity index (χ2v) is 7.39. The number of fused-ring (bicyclic) bond motifs is 3. The molecular weight excluding hydrogens is 274 g/mol. The van der Waals surface area contributed by atoms with Gasteiger partial charge in [0.1, 0.15) is 0 Å². The molecule has 110 valence electrons. The molecule has 3 aliphatic rings. The average molecular weight is 295 g/mol. The summed E-state index contributed by atoms with van der Waals surface area (Å²) in [5.41, 5.74) is 0.828. The molecule has 3 aliphatic heterocycles. The number of sulfonamides is 1. The molecule has 1 unspecified atom stereocenters. The largest absolute Gasteiger partial charge is 0.299 e. The highest BCUT2D eigenvalue weighted by molar-refractivity contribution is 7.88. The third-order valence-corrected chi connectivity index (χ3v) is 5.45. The maximum absolute atomic E-state index is 12.1. The second-order valence-electron chi connectivity index (χ2n) is 5.58. The minimum Gasteiger partial charge on any atom is -0.299 e. The van der Waals surface area contributed by atoms with Gasteiger partial charge in [0.05, 0.1) is 5.75 Å². The molecule has 1 aromatic rings. The van der Waals surface area contributed by atoms with Crippen molar-refractivity contribution < 1.29 is 8.42 Å². The molecule has 1 atom stereocenters. The Morgan fingerprint density at radius 2 is 1.80 bits per heavy atom. The Labute approximate surface area is 120 Å². The zero-order valence-electron chi connectivity index (χ0n) is 11.5. The predicted octanol–water partition coefficient (Wildman–Crippen LogP) is 0.106. The fraction of sp³-hybridized carbons (Fsp3) is 0.571. The summed E-state index contributed by atoms with van der Waals surface area (Å²) in [5.74, 6) is 0.0598. The number of hydrogen-bond acceptors (Lipinski definition) is 4. The van der Waals surface area contributed by atoms with E-state index in [9.17, 15) is 8.42 Å². The molecular formula is C14H21N3O2S. The van der Waals surface area contributed by atoms with Crippen molar-refractivity contribution in [2.75, 3.05) is 39.3 Å². The van der Waals surface area contributed by atoms with Crippen molar-refractivity contribution in [1.82, 2.24) is 14.5 Å². The maximum atomic E-state index is 12.1. The topological polar surface area (TPSA) is 52.7 Å². The van der Waals surface area contributed by atoms with Gasteiger partial charge in [0.2, 0.25) is 10.0 Å². The van der Waals surface area contributed by atoms with Gasteiger partial charge in [0.15, 0.2) is 0 Å². The van der Waals surface area contributed by atoms with Crippen LogP contribution in [-0.2, 0) is 15.8 Å². The number of nitrogens with one attached hydrogen (secondary N) is 1. The summed E-state index contributed by atoms with van der Waals surface area (Å²) >= 11 is 0. The molecule has 4 rings (SSSR count). The molecule has 3 heterocycles. The van der Waals surface area contributed by atoms with Crippen molar-refractivity contribution in [2.24, 2.45) is 0 Å². The van der Waals surface area contributed by atoms with E-state index in [2.05, 4.69) is 14.5 Å². The first-order valence-corrected chi connectivity index (χ1v) is 8.75. The second kappa shape index (κ2) is 5.81. The lowest BCUT2D eigenvalue weighted by molar-refractivity contribution is 0.0158. The Hall–Kier alpha value is -0.950. The molecule has 2 bridgehead atoms. The van der Waals surface area contributed by atoms with E-state index >= 15 is 0 Å². The van der Waals surface area contributed by atoms with Crippen LogP contribution in [0.1, 0.15) is 5.56 Å². The first kappa shape index (κ1) is 14.0. The predicted molar refractivity (Wildman–Crippen MR) is 78.9 cm³/mol. The van der Waals surface area contributed by atoms with Crippen LogP contribution in [0.2, 0.25) is 0 Å². The number of piperazine rings is 3. The summed E-state index contributed by atoms with van der Waals surface area (Å²) in [5, 5.41) is 0. The van der Waals surface area contributed by atoms with Gasteiger partial charge in [-0.1, -0.05) is 30.3 Å². The molecule has 0 radical (unpaired) electrons. The Bertz CT molecular complexity index is 539. The van der Waals surface area contributed by atoms with E-state index in [1.54, 1.807) is 0 Å². The minimum absolute atomic E-state index is 0.0598. The highest BCUT2D eigenvalue weighted by Crippen LogP contribution is 2.15. The molecule has 0 aromatic heterocycles. The molecule has 6 heteroatoms. The number of hydrogen-bond donors (Lipinski definition) is 1. The highest BCUT2D eigenvalue weighted by atomic mass is 32.2. The fourth-order valence-electron chi connectivity index (χ4n) is 2.99. The monoisotopic (exact) mass is 295 g/mol. The van der Waals surface area contributed by atoms with Gasteiger partial charge in [-0.3, -0.25) is 9.80 Å². The van der Waals surface area contributed by atoms with Gasteiger partial charge in [-0.05, 0) is 5.56 Å². The summed E-state index contributed by atoms with van der Waals surface area (Å²) < 4.78 is 27.0. The molecule has 0 aliphatic carbocycles. The van der Waals surface area contributed by atoms with Crippen LogP contribution in [0.15, 0.2) is 30.3 Å². The Morgan fingerprint density at radius 1 is 1.10 bits per heavy atom. The molecule has 0 spiro atoms. The van der Waals surface area contributed by atoms with Gasteiger partial charge in [0, 0.05) is 45.3 Å². The normalized spacial score (nSPS) is 29.5. The van der Waals surface area contributed by atoms with Crippen LogP contribution in [0.3, 0.4) is 0 Å². The van der Waals surface area contributed by atoms with Gasteiger partial charge < -0.3 is 0 Å². The molecule has 1 aromatic carbocycles. The first-order chi connectivity index (χ1) is 9.62. The van der Waals surface area contributed by atoms with Crippen molar-refractivity contribution in [3.63, 3.8) is 0 Å². The van der Waals surface area contributed by atoms with E-state index in [-0.39, 0.29) is 5.75 Å². The van der Waals surface area contributed by atoms with Crippen LogP contribution in [0.25, 0.3) is 0 Å². The van der Waals surface area contributed by atoms with E-state index in [4.69, 9.17) is 0 Å². The number of nitrogens with zero attached hydrogens (tertiary/aromatic N) is 2. The molecule has 3 fully saturated rings. The lowest BCUT2D eigenvalue weighted by Crippen LogP contribution is -2.63. The van der Waals surface area contributed by atoms with E-state index in [1.807, 2.05) is 30.3 Å². The standard InChI is InChI=1S/C14H21N3O2S/c18-20(19,12-13-4-2-1-3-5-13)15-10-14-11-16-6-8-17(14)9-7-16/h1-5,14-15H,6-12H2. The molecule has 0 amide bonds. The van der Waals surface area contributed by atoms with E-state index in [1.165, 1.54) is 0 Å². The molecule has 3 saturated heterocycles. The van der Waals surface area contributed by atoms with Crippen LogP contribution in [0.4, 0.5) is 0 Å². The average Bonchev–Trinajstić information content (AvgIpc) is 2.47. The lowest BCUT2D eigenvalue weighted by atomic mass is 10.1. The summed E-state index contributed by atoms with van der Waals surface area (Å²) in [6, 6.07) is 9.63. The van der Waals surface area contributed by atoms with Crippen LogP contribution in [0.5, 0.6) is 0 Å². The fourth-order valence-corrected chi connectivity index (χ4v) is 4.17. The first-order valence-electron chi connectivity index (χ1n) is 7.10. The highest BCUT2D eigenvalue weighted by Gasteiger charge is 2.32. The smallest absolute Gasteiger partial charge is 0.215 e. The van der Waals surface area contributed by atoms with Crippen LogP contribution in [0, 0.1) is 0 Å². The third kappa shape index (κ3) is 3.38. The third-order valence-electron chi connectivity index (χ3n) is 4.13. The van der Waals surface area contributed by atoms with E-state index in [0.29, 0.717) is 12.6 Å². The van der Waals surface area contributed by atoms with E-state index < -0.39 is 10.0 Å². The van der Waals surface area contributed by atoms with Gasteiger partial charge in [0.25, 0.3) is 0 Å². The van der Waals surface area contributed by atoms with Crippen LogP contribution in [-0.4, -0.2) is 63.5 Å². The summed E-state index contributed by atoms with van der Waals surface area (Å²) in [4.78, 5) is 4.81. The van der Waals surface area contributed by atoms with Crippen LogP contribution >= 0.6 is 0 Å². The summed E-state index contributed by atoms with van der Waals surface area (Å²) in [6.45, 7) is 5.86. The van der Waals surface area contributed by atoms with Crippen molar-refractivity contribution in [3.8, 4) is 0 Å². The van der Waals surface area contributed by atoms with E-state index in [0.717, 1.165) is 38.3 Å². The van der Waals surface area contributed by atoms with Gasteiger partial charge in [-0.2, -0.15) is 0 Å². The minimum atomic E-state index is -3.25. The summed E-state index contributed by atoms with van der Waals surface area (Å²) in [6.07, 6.45) is 0. The zero-order chi connectivity index (χ0) is 14.0. The Kier molecular flexibility index (Phi) is 4.07. The Balaban J connectivity index is 1.55. The number of benzene rings is 1. The molecule has 5 nitrogen and oxygen atoms in total. The summed E-state index contributed by atoms with van der Waals surface area (Å²) in [7, 11) is -3.25. The van der Waals surface area contributed by atoms with Crippen LogP contribution < -0.4 is 4.72 Å². The van der Waals surface area contributed by atoms with Crippen molar-refractivity contribution in [3.05, 3.63) is 35.9 Å². The molecule has 0 saturated carbocycles. The lowest BCUT2D eigenvalue weighted by Gasteiger charge is -2.47. The molecule has 1 N–H and O–H groups in total. The van der Waals surface area contributed by atoms with Gasteiger partial charge in [-0.25, -0.2) is 13.1 Å². The van der Waals surface area contributed by atoms with Crippen molar-refractivity contribution in [1.29, 1.82) is 0 Å². The van der Waals surface area contributed by atoms with Crippen molar-refractivity contribution in [2.45, 2.75) is 11.8 Å². The maximum Gasteiger partial charge on any atom is 0.215 e. The quantitative estimate of drug-likeness (QED) is 0.837. The SMILES string of the molecule is O=S(=O)(Cc1ccccc1)NCC1CN2CCN1CC2. The van der Waals surface area contributed by atoms with Gasteiger partial charge >= 0.3 is 0 Å². The number of rotatable bonds is 5.